The number of hydrogen-bond acceptors (Lipinski definition) is 8. The van der Waals surface area contributed by atoms with Crippen molar-refractivity contribution in [2.45, 2.75) is 32.9 Å². The van der Waals surface area contributed by atoms with Gasteiger partial charge < -0.3 is 14.5 Å². The molecule has 5 heterocycles. The van der Waals surface area contributed by atoms with Crippen LogP contribution in [0.2, 0.25) is 0 Å². The van der Waals surface area contributed by atoms with Gasteiger partial charge in [0.15, 0.2) is 0 Å². The van der Waals surface area contributed by atoms with E-state index in [-0.39, 0.29) is 5.56 Å². The standard InChI is InChI=1S/C22H23N7O4S/c1-22(2,3)33-21(31)25-13-7-14-17(23-9-13)18-16(19(30)26-14)20-29(27-18)11-15(34-20)12-8-24-28(10-12)5-6-32-4/h7-11H,5-6H2,1-4H3,(H,25,31)(H,26,30). The summed E-state index contributed by atoms with van der Waals surface area (Å²) in [6, 6.07) is 1.64. The second kappa shape index (κ2) is 8.22. The monoisotopic (exact) mass is 481 g/mol. The molecule has 11 nitrogen and oxygen atoms in total. The molecule has 0 aliphatic rings. The van der Waals surface area contributed by atoms with E-state index < -0.39 is 11.7 Å². The van der Waals surface area contributed by atoms with Crippen LogP contribution in [-0.2, 0) is 16.0 Å². The highest BCUT2D eigenvalue weighted by atomic mass is 32.1. The van der Waals surface area contributed by atoms with Crippen LogP contribution in [0.4, 0.5) is 10.5 Å². The van der Waals surface area contributed by atoms with E-state index >= 15 is 0 Å². The molecule has 0 fully saturated rings. The summed E-state index contributed by atoms with van der Waals surface area (Å²) in [5, 5.41) is 12.1. The quantitative estimate of drug-likeness (QED) is 0.392. The zero-order valence-electron chi connectivity index (χ0n) is 19.1. The number of rotatable bonds is 5. The number of pyridine rings is 2. The zero-order valence-corrected chi connectivity index (χ0v) is 19.9. The van der Waals surface area contributed by atoms with Gasteiger partial charge in [-0.3, -0.25) is 19.8 Å². The topological polar surface area (TPSA) is 128 Å². The first-order valence-electron chi connectivity index (χ1n) is 10.6. The van der Waals surface area contributed by atoms with Crippen LogP contribution < -0.4 is 10.9 Å². The Morgan fingerprint density at radius 3 is 2.82 bits per heavy atom. The second-order valence-electron chi connectivity index (χ2n) is 8.75. The van der Waals surface area contributed by atoms with Crippen molar-refractivity contribution in [2.75, 3.05) is 19.0 Å². The SMILES string of the molecule is COCCn1cc(-c2cn3nc4c5ncc(NC(=O)OC(C)(C)C)cc5[nH]c(=O)c4c3s2)cn1. The van der Waals surface area contributed by atoms with Gasteiger partial charge in [-0.05, 0) is 26.8 Å². The molecule has 0 aliphatic heterocycles. The lowest BCUT2D eigenvalue weighted by Gasteiger charge is -2.19. The molecule has 1 amide bonds. The predicted octanol–water partition coefficient (Wildman–Crippen LogP) is 3.64. The summed E-state index contributed by atoms with van der Waals surface area (Å²) in [5.41, 5.74) is 1.94. The van der Waals surface area contributed by atoms with Crippen molar-refractivity contribution in [3.05, 3.63) is 41.2 Å². The van der Waals surface area contributed by atoms with Crippen LogP contribution in [0.15, 0.2) is 35.6 Å². The summed E-state index contributed by atoms with van der Waals surface area (Å²) in [7, 11) is 1.65. The molecule has 34 heavy (non-hydrogen) atoms. The summed E-state index contributed by atoms with van der Waals surface area (Å²) in [6.45, 7) is 6.57. The molecule has 5 rings (SSSR count). The molecular weight excluding hydrogens is 458 g/mol. The van der Waals surface area contributed by atoms with Crippen molar-refractivity contribution in [1.82, 2.24) is 29.4 Å². The number of ether oxygens (including phenoxy) is 2. The van der Waals surface area contributed by atoms with E-state index in [4.69, 9.17) is 9.47 Å². The van der Waals surface area contributed by atoms with Gasteiger partial charge in [0.2, 0.25) is 0 Å². The average molecular weight is 482 g/mol. The van der Waals surface area contributed by atoms with Gasteiger partial charge in [-0.2, -0.15) is 10.2 Å². The van der Waals surface area contributed by atoms with Gasteiger partial charge in [-0.1, -0.05) is 0 Å². The molecule has 176 valence electrons. The minimum atomic E-state index is -0.627. The van der Waals surface area contributed by atoms with Gasteiger partial charge >= 0.3 is 6.09 Å². The Hall–Kier alpha value is -3.77. The van der Waals surface area contributed by atoms with E-state index in [1.54, 1.807) is 44.7 Å². The number of H-pyrrole nitrogens is 1. The Balaban J connectivity index is 1.51. The van der Waals surface area contributed by atoms with Crippen LogP contribution in [0.25, 0.3) is 37.2 Å². The highest BCUT2D eigenvalue weighted by molar-refractivity contribution is 7.21. The van der Waals surface area contributed by atoms with Gasteiger partial charge in [0, 0.05) is 25.1 Å². The van der Waals surface area contributed by atoms with Crippen LogP contribution in [0.5, 0.6) is 0 Å². The molecule has 5 aromatic heterocycles. The fourth-order valence-electron chi connectivity index (χ4n) is 3.57. The molecule has 0 unspecified atom stereocenters. The molecule has 0 aromatic carbocycles. The first kappa shape index (κ1) is 22.0. The summed E-state index contributed by atoms with van der Waals surface area (Å²) in [5.74, 6) is 0. The fraction of sp³-hybridized carbons (Fsp3) is 0.318. The number of methoxy groups -OCH3 is 1. The lowest BCUT2D eigenvalue weighted by Crippen LogP contribution is -2.27. The maximum atomic E-state index is 13.0. The van der Waals surface area contributed by atoms with E-state index in [2.05, 4.69) is 25.5 Å². The van der Waals surface area contributed by atoms with Gasteiger partial charge in [-0.25, -0.2) is 9.31 Å². The fourth-order valence-corrected chi connectivity index (χ4v) is 4.63. The summed E-state index contributed by atoms with van der Waals surface area (Å²) >= 11 is 1.46. The lowest BCUT2D eigenvalue weighted by molar-refractivity contribution is 0.0636. The van der Waals surface area contributed by atoms with Crippen LogP contribution in [0, 0.1) is 0 Å². The average Bonchev–Trinajstić information content (AvgIpc) is 3.44. The Labute approximate surface area is 197 Å². The molecule has 0 saturated carbocycles. The first-order chi connectivity index (χ1) is 16.2. The number of carbonyl (C=O) groups excluding carboxylic acids is 1. The summed E-state index contributed by atoms with van der Waals surface area (Å²) in [4.78, 5) is 34.0. The smallest absolute Gasteiger partial charge is 0.412 e. The number of aromatic amines is 1. The molecule has 0 aliphatic carbocycles. The van der Waals surface area contributed by atoms with Crippen molar-refractivity contribution in [3.63, 3.8) is 0 Å². The highest BCUT2D eigenvalue weighted by Gasteiger charge is 2.19. The minimum Gasteiger partial charge on any atom is -0.444 e. The van der Waals surface area contributed by atoms with Gasteiger partial charge in [0.05, 0.1) is 41.6 Å². The third-order valence-corrected chi connectivity index (χ3v) is 6.13. The second-order valence-corrected chi connectivity index (χ2v) is 9.79. The number of nitrogens with zero attached hydrogens (tertiary/aromatic N) is 5. The molecule has 0 spiro atoms. The van der Waals surface area contributed by atoms with Crippen molar-refractivity contribution in [1.29, 1.82) is 0 Å². The van der Waals surface area contributed by atoms with E-state index in [0.717, 1.165) is 15.3 Å². The maximum absolute atomic E-state index is 13.0. The number of thiazole rings is 1. The highest BCUT2D eigenvalue weighted by Crippen LogP contribution is 2.33. The van der Waals surface area contributed by atoms with E-state index in [0.29, 0.717) is 40.8 Å². The predicted molar refractivity (Wildman–Crippen MR) is 129 cm³/mol. The number of anilines is 1. The zero-order chi connectivity index (χ0) is 24.0. The molecule has 0 radical (unpaired) electrons. The molecule has 2 N–H and O–H groups in total. The Bertz CT molecular complexity index is 1590. The van der Waals surface area contributed by atoms with Crippen molar-refractivity contribution in [3.8, 4) is 10.4 Å². The van der Waals surface area contributed by atoms with Crippen molar-refractivity contribution < 1.29 is 14.3 Å². The maximum Gasteiger partial charge on any atom is 0.412 e. The van der Waals surface area contributed by atoms with Gasteiger partial charge in [-0.15, -0.1) is 11.3 Å². The van der Waals surface area contributed by atoms with Crippen LogP contribution in [-0.4, -0.2) is 54.8 Å². The molecule has 0 atom stereocenters. The van der Waals surface area contributed by atoms with Crippen molar-refractivity contribution in [2.24, 2.45) is 0 Å². The normalized spacial score (nSPS) is 12.1. The molecule has 0 bridgehead atoms. The number of aromatic nitrogens is 6. The summed E-state index contributed by atoms with van der Waals surface area (Å²) in [6.07, 6.45) is 6.51. The Kier molecular flexibility index (Phi) is 5.33. The Morgan fingerprint density at radius 1 is 1.24 bits per heavy atom. The number of hydrogen-bond donors (Lipinski definition) is 2. The third kappa shape index (κ3) is 4.13. The van der Waals surface area contributed by atoms with Crippen LogP contribution in [0.1, 0.15) is 20.8 Å². The lowest BCUT2D eigenvalue weighted by atomic mass is 10.2. The largest absolute Gasteiger partial charge is 0.444 e. The number of nitrogens with one attached hydrogen (secondary N) is 2. The number of fused-ring (bicyclic) bond motifs is 5. The number of carbonyl (C=O) groups is 1. The number of amides is 1. The first-order valence-corrected chi connectivity index (χ1v) is 11.4. The van der Waals surface area contributed by atoms with Crippen LogP contribution >= 0.6 is 11.3 Å². The Morgan fingerprint density at radius 2 is 2.06 bits per heavy atom. The minimum absolute atomic E-state index is 0.280. The van der Waals surface area contributed by atoms with Crippen LogP contribution in [0.3, 0.4) is 0 Å². The van der Waals surface area contributed by atoms with Crippen molar-refractivity contribution >= 4 is 49.9 Å². The third-order valence-electron chi connectivity index (χ3n) is 4.99. The van der Waals surface area contributed by atoms with Gasteiger partial charge in [0.1, 0.15) is 26.9 Å². The molecule has 0 saturated heterocycles. The van der Waals surface area contributed by atoms with E-state index in [1.807, 2.05) is 17.1 Å². The molecule has 5 aromatic rings. The molecular formula is C22H23N7O4S. The van der Waals surface area contributed by atoms with E-state index in [9.17, 15) is 9.59 Å². The summed E-state index contributed by atoms with van der Waals surface area (Å²) < 4.78 is 13.9. The van der Waals surface area contributed by atoms with Gasteiger partial charge in [0.25, 0.3) is 5.56 Å². The molecule has 12 heteroatoms. The van der Waals surface area contributed by atoms with E-state index in [1.165, 1.54) is 17.5 Å².